The van der Waals surface area contributed by atoms with Crippen LogP contribution in [-0.2, 0) is 4.79 Å². The zero-order valence-corrected chi connectivity index (χ0v) is 9.36. The molecule has 3 atom stereocenters. The van der Waals surface area contributed by atoms with Crippen LogP contribution < -0.4 is 0 Å². The molecule has 3 heteroatoms. The highest BCUT2D eigenvalue weighted by atomic mass is 16.3. The summed E-state index contributed by atoms with van der Waals surface area (Å²) in [4.78, 5) is 13.1. The Labute approximate surface area is 86.1 Å². The van der Waals surface area contributed by atoms with Crippen molar-refractivity contribution in [2.45, 2.75) is 32.7 Å². The number of carbonyl (C=O) groups excluding carboxylic acids is 1. The van der Waals surface area contributed by atoms with E-state index in [1.54, 1.807) is 6.92 Å². The predicted molar refractivity (Wildman–Crippen MR) is 56.1 cm³/mol. The second kappa shape index (κ2) is 4.89. The van der Waals surface area contributed by atoms with Crippen LogP contribution in [0.25, 0.3) is 0 Å². The van der Waals surface area contributed by atoms with E-state index in [0.717, 1.165) is 12.8 Å². The molecule has 0 aromatic heterocycles. The van der Waals surface area contributed by atoms with Crippen molar-refractivity contribution in [2.24, 2.45) is 11.8 Å². The quantitative estimate of drug-likeness (QED) is 0.731. The Bertz CT molecular complexity index is 205. The molecular formula is C11H21NO2. The maximum absolute atomic E-state index is 11.0. The topological polar surface area (TPSA) is 40.5 Å². The van der Waals surface area contributed by atoms with E-state index in [-0.39, 0.29) is 12.4 Å². The molecule has 1 fully saturated rings. The molecule has 0 amide bonds. The van der Waals surface area contributed by atoms with Crippen LogP contribution in [0.15, 0.2) is 0 Å². The van der Waals surface area contributed by atoms with Crippen LogP contribution in [0.2, 0.25) is 0 Å². The van der Waals surface area contributed by atoms with Crippen molar-refractivity contribution in [1.82, 2.24) is 4.90 Å². The van der Waals surface area contributed by atoms with Gasteiger partial charge in [0.15, 0.2) is 0 Å². The van der Waals surface area contributed by atoms with Crippen LogP contribution in [0.4, 0.5) is 0 Å². The second-order valence-electron chi connectivity index (χ2n) is 4.66. The van der Waals surface area contributed by atoms with Gasteiger partial charge < -0.3 is 5.11 Å². The minimum Gasteiger partial charge on any atom is -0.396 e. The van der Waals surface area contributed by atoms with Gasteiger partial charge in [-0.05, 0) is 38.6 Å². The van der Waals surface area contributed by atoms with Crippen LogP contribution in [0.1, 0.15) is 26.7 Å². The Morgan fingerprint density at radius 1 is 1.50 bits per heavy atom. The number of aliphatic hydroxyl groups is 1. The maximum atomic E-state index is 11.0. The van der Waals surface area contributed by atoms with Crippen molar-refractivity contribution < 1.29 is 9.90 Å². The highest BCUT2D eigenvalue weighted by Crippen LogP contribution is 2.33. The second-order valence-corrected chi connectivity index (χ2v) is 4.66. The maximum Gasteiger partial charge on any atom is 0.143 e. The number of carbonyl (C=O) groups is 1. The van der Waals surface area contributed by atoms with E-state index in [1.807, 2.05) is 7.05 Å². The Kier molecular flexibility index (Phi) is 4.08. The minimum absolute atomic E-state index is 0.215. The molecule has 3 nitrogen and oxygen atoms in total. The average molecular weight is 199 g/mol. The fourth-order valence-corrected chi connectivity index (χ4v) is 2.39. The fraction of sp³-hybridized carbons (Fsp3) is 0.909. The summed E-state index contributed by atoms with van der Waals surface area (Å²) < 4.78 is 0. The van der Waals surface area contributed by atoms with Crippen molar-refractivity contribution in [1.29, 1.82) is 0 Å². The fourth-order valence-electron chi connectivity index (χ4n) is 2.39. The molecule has 0 aliphatic heterocycles. The summed E-state index contributed by atoms with van der Waals surface area (Å²) in [6.45, 7) is 4.63. The van der Waals surface area contributed by atoms with Crippen molar-refractivity contribution in [3.8, 4) is 0 Å². The molecule has 0 aromatic rings. The van der Waals surface area contributed by atoms with E-state index in [0.29, 0.717) is 24.4 Å². The minimum atomic E-state index is 0.215. The summed E-state index contributed by atoms with van der Waals surface area (Å²) in [5.41, 5.74) is 0. The predicted octanol–water partition coefficient (Wildman–Crippen LogP) is 0.914. The summed E-state index contributed by atoms with van der Waals surface area (Å²) >= 11 is 0. The first-order chi connectivity index (χ1) is 6.54. The summed E-state index contributed by atoms with van der Waals surface area (Å²) in [6, 6.07) is 0.478. The summed E-state index contributed by atoms with van der Waals surface area (Å²) in [5, 5.41) is 9.13. The number of Topliss-reactive ketones (excluding diaryl/α,β-unsaturated/α-hetero) is 1. The zero-order valence-electron chi connectivity index (χ0n) is 9.36. The van der Waals surface area contributed by atoms with Crippen molar-refractivity contribution in [3.05, 3.63) is 0 Å². The van der Waals surface area contributed by atoms with E-state index in [4.69, 9.17) is 5.11 Å². The lowest BCUT2D eigenvalue weighted by molar-refractivity contribution is -0.118. The lowest BCUT2D eigenvalue weighted by Gasteiger charge is -2.22. The molecule has 0 saturated heterocycles. The summed E-state index contributed by atoms with van der Waals surface area (Å²) in [6.07, 6.45) is 2.14. The molecule has 0 aromatic carbocycles. The van der Waals surface area contributed by atoms with Gasteiger partial charge in [-0.25, -0.2) is 0 Å². The molecule has 1 rings (SSSR count). The third-order valence-corrected chi connectivity index (χ3v) is 3.35. The first kappa shape index (κ1) is 11.7. The van der Waals surface area contributed by atoms with Gasteiger partial charge in [-0.3, -0.25) is 9.69 Å². The number of ketones is 1. The highest BCUT2D eigenvalue weighted by molar-refractivity contribution is 5.77. The van der Waals surface area contributed by atoms with E-state index in [2.05, 4.69) is 11.8 Å². The molecule has 82 valence electrons. The van der Waals surface area contributed by atoms with E-state index < -0.39 is 0 Å². The molecule has 0 spiro atoms. The normalized spacial score (nSPS) is 32.5. The van der Waals surface area contributed by atoms with Crippen LogP contribution >= 0.6 is 0 Å². The number of rotatable bonds is 4. The molecule has 1 aliphatic carbocycles. The van der Waals surface area contributed by atoms with Gasteiger partial charge >= 0.3 is 0 Å². The highest BCUT2D eigenvalue weighted by Gasteiger charge is 2.32. The largest absolute Gasteiger partial charge is 0.396 e. The molecule has 1 N–H and O–H groups in total. The van der Waals surface area contributed by atoms with E-state index >= 15 is 0 Å². The Morgan fingerprint density at radius 2 is 2.14 bits per heavy atom. The van der Waals surface area contributed by atoms with Crippen molar-refractivity contribution in [2.75, 3.05) is 20.2 Å². The number of hydrogen-bond acceptors (Lipinski definition) is 3. The molecule has 0 radical (unpaired) electrons. The smallest absolute Gasteiger partial charge is 0.143 e. The lowest BCUT2D eigenvalue weighted by Crippen LogP contribution is -2.33. The third-order valence-electron chi connectivity index (χ3n) is 3.35. The average Bonchev–Trinajstić information content (AvgIpc) is 2.45. The van der Waals surface area contributed by atoms with Crippen LogP contribution in [0.5, 0.6) is 0 Å². The zero-order chi connectivity index (χ0) is 10.7. The van der Waals surface area contributed by atoms with Gasteiger partial charge in [-0.1, -0.05) is 6.92 Å². The Balaban J connectivity index is 2.43. The molecule has 14 heavy (non-hydrogen) atoms. The third kappa shape index (κ3) is 2.79. The molecule has 0 heterocycles. The van der Waals surface area contributed by atoms with Gasteiger partial charge in [0, 0.05) is 12.6 Å². The van der Waals surface area contributed by atoms with Crippen molar-refractivity contribution in [3.63, 3.8) is 0 Å². The first-order valence-electron chi connectivity index (χ1n) is 5.35. The first-order valence-corrected chi connectivity index (χ1v) is 5.35. The molecule has 0 unspecified atom stereocenters. The standard InChI is InChI=1S/C11H21NO2/c1-8-4-11(5-10(8)7-13)12(3)6-9(2)14/h8,10-11,13H,4-7H2,1-3H3/t8-,10+,11+/m0/s1. The molecule has 0 bridgehead atoms. The Hall–Kier alpha value is -0.410. The SMILES string of the molecule is CC(=O)CN(C)[C@H]1C[C@H](CO)[C@@H](C)C1. The lowest BCUT2D eigenvalue weighted by atomic mass is 10.00. The van der Waals surface area contributed by atoms with Gasteiger partial charge in [-0.2, -0.15) is 0 Å². The van der Waals surface area contributed by atoms with E-state index in [1.165, 1.54) is 0 Å². The van der Waals surface area contributed by atoms with Crippen LogP contribution in [-0.4, -0.2) is 42.0 Å². The van der Waals surface area contributed by atoms with Crippen LogP contribution in [0.3, 0.4) is 0 Å². The monoisotopic (exact) mass is 199 g/mol. The number of nitrogens with zero attached hydrogens (tertiary/aromatic N) is 1. The summed E-state index contributed by atoms with van der Waals surface area (Å²) in [7, 11) is 2.00. The number of aliphatic hydroxyl groups excluding tert-OH is 1. The number of likely N-dealkylation sites (N-methyl/N-ethyl adjacent to an activating group) is 1. The van der Waals surface area contributed by atoms with Crippen LogP contribution in [0, 0.1) is 11.8 Å². The van der Waals surface area contributed by atoms with Gasteiger partial charge in [0.25, 0.3) is 0 Å². The van der Waals surface area contributed by atoms with Gasteiger partial charge in [0.05, 0.1) is 6.54 Å². The molecule has 1 saturated carbocycles. The summed E-state index contributed by atoms with van der Waals surface area (Å²) in [5.74, 6) is 1.22. The Morgan fingerprint density at radius 3 is 2.57 bits per heavy atom. The van der Waals surface area contributed by atoms with E-state index in [9.17, 15) is 4.79 Å². The van der Waals surface area contributed by atoms with Gasteiger partial charge in [0.2, 0.25) is 0 Å². The number of hydrogen-bond donors (Lipinski definition) is 1. The molecular weight excluding hydrogens is 178 g/mol. The van der Waals surface area contributed by atoms with Gasteiger partial charge in [0.1, 0.15) is 5.78 Å². The van der Waals surface area contributed by atoms with Crippen molar-refractivity contribution >= 4 is 5.78 Å². The molecule has 1 aliphatic rings. The van der Waals surface area contributed by atoms with Gasteiger partial charge in [-0.15, -0.1) is 0 Å².